The molecule has 6 heteroatoms. The molecule has 0 heterocycles. The van der Waals surface area contributed by atoms with Gasteiger partial charge >= 0.3 is 7.12 Å². The average Bonchev–Trinajstić information content (AvgIpc) is 2.37. The van der Waals surface area contributed by atoms with Crippen LogP contribution in [0.3, 0.4) is 0 Å². The lowest BCUT2D eigenvalue weighted by Crippen LogP contribution is -2.30. The van der Waals surface area contributed by atoms with Crippen LogP contribution >= 0.6 is 11.6 Å². The van der Waals surface area contributed by atoms with Crippen molar-refractivity contribution < 1.29 is 19.2 Å². The second kappa shape index (κ2) is 6.26. The predicted octanol–water partition coefficient (Wildman–Crippen LogP) is 2.05. The Kier molecular flexibility index (Phi) is 4.65. The van der Waals surface area contributed by atoms with E-state index in [2.05, 4.69) is 0 Å². The summed E-state index contributed by atoms with van der Waals surface area (Å²) in [4.78, 5) is 0. The first kappa shape index (κ1) is 14.8. The van der Waals surface area contributed by atoms with Crippen molar-refractivity contribution in [1.29, 1.82) is 0 Å². The number of halogens is 2. The first-order valence-corrected chi connectivity index (χ1v) is 6.38. The third kappa shape index (κ3) is 3.73. The second-order valence-electron chi connectivity index (χ2n) is 4.48. The Hall–Kier alpha value is -1.56. The second-order valence-corrected chi connectivity index (χ2v) is 4.88. The van der Waals surface area contributed by atoms with Gasteiger partial charge in [0.2, 0.25) is 0 Å². The summed E-state index contributed by atoms with van der Waals surface area (Å²) in [6, 6.07) is 9.13. The molecule has 0 amide bonds. The van der Waals surface area contributed by atoms with E-state index in [4.69, 9.17) is 26.4 Å². The lowest BCUT2D eigenvalue weighted by Gasteiger charge is -2.10. The molecule has 2 aromatic carbocycles. The van der Waals surface area contributed by atoms with Gasteiger partial charge in [0.15, 0.2) is 0 Å². The molecular weight excluding hydrogens is 281 g/mol. The smallest absolute Gasteiger partial charge is 0.488 e. The molecule has 2 N–H and O–H groups in total. The van der Waals surface area contributed by atoms with Crippen molar-refractivity contribution >= 4 is 24.2 Å². The summed E-state index contributed by atoms with van der Waals surface area (Å²) in [7, 11) is -1.74. The topological polar surface area (TPSA) is 49.7 Å². The van der Waals surface area contributed by atoms with Gasteiger partial charge in [-0.25, -0.2) is 4.39 Å². The first-order chi connectivity index (χ1) is 9.45. The van der Waals surface area contributed by atoms with Crippen LogP contribution in [0.5, 0.6) is 5.75 Å². The van der Waals surface area contributed by atoms with Crippen molar-refractivity contribution in [3.8, 4) is 5.75 Å². The molecule has 0 saturated heterocycles. The minimum Gasteiger partial charge on any atom is -0.489 e. The highest BCUT2D eigenvalue weighted by Gasteiger charge is 2.14. The van der Waals surface area contributed by atoms with E-state index in [1.807, 2.05) is 25.1 Å². The average molecular weight is 295 g/mol. The summed E-state index contributed by atoms with van der Waals surface area (Å²) >= 11 is 6.07. The van der Waals surface area contributed by atoms with Crippen LogP contribution in [0.2, 0.25) is 5.02 Å². The standard InChI is InChI=1S/C14H13BClFO3/c1-9-2-3-10(14(16)4-9)8-20-13-6-11(15(18)19)5-12(17)7-13/h2-7,18-19H,8H2,1H3. The van der Waals surface area contributed by atoms with Gasteiger partial charge in [-0.15, -0.1) is 0 Å². The molecule has 0 unspecified atom stereocenters. The van der Waals surface area contributed by atoms with Crippen molar-refractivity contribution in [3.63, 3.8) is 0 Å². The maximum atomic E-state index is 13.3. The zero-order valence-corrected chi connectivity index (χ0v) is 11.6. The number of aryl methyl sites for hydroxylation is 1. The van der Waals surface area contributed by atoms with Gasteiger partial charge in [0, 0.05) is 16.7 Å². The van der Waals surface area contributed by atoms with E-state index in [0.29, 0.717) is 5.02 Å². The quantitative estimate of drug-likeness (QED) is 0.849. The molecular formula is C14H13BClFO3. The van der Waals surface area contributed by atoms with Crippen molar-refractivity contribution in [2.75, 3.05) is 0 Å². The molecule has 0 fully saturated rings. The Labute approximate surface area is 121 Å². The van der Waals surface area contributed by atoms with E-state index >= 15 is 0 Å². The lowest BCUT2D eigenvalue weighted by molar-refractivity contribution is 0.304. The maximum Gasteiger partial charge on any atom is 0.488 e. The van der Waals surface area contributed by atoms with Crippen molar-refractivity contribution in [2.45, 2.75) is 13.5 Å². The van der Waals surface area contributed by atoms with Crippen LogP contribution in [0.1, 0.15) is 11.1 Å². The van der Waals surface area contributed by atoms with E-state index in [0.717, 1.165) is 17.2 Å². The number of benzene rings is 2. The summed E-state index contributed by atoms with van der Waals surface area (Å²) in [5.41, 5.74) is 1.85. The van der Waals surface area contributed by atoms with Crippen molar-refractivity contribution in [3.05, 3.63) is 58.4 Å². The molecule has 3 nitrogen and oxygen atoms in total. The van der Waals surface area contributed by atoms with Crippen LogP contribution in [0.15, 0.2) is 36.4 Å². The lowest BCUT2D eigenvalue weighted by atomic mass is 9.80. The molecule has 20 heavy (non-hydrogen) atoms. The van der Waals surface area contributed by atoms with Gasteiger partial charge in [-0.2, -0.15) is 0 Å². The fraction of sp³-hybridized carbons (Fsp3) is 0.143. The molecule has 104 valence electrons. The normalized spacial score (nSPS) is 10.4. The number of hydrogen-bond donors (Lipinski definition) is 2. The van der Waals surface area contributed by atoms with Crippen LogP contribution in [0.4, 0.5) is 4.39 Å². The third-order valence-corrected chi connectivity index (χ3v) is 3.15. The SMILES string of the molecule is Cc1ccc(COc2cc(F)cc(B(O)O)c2)c(Cl)c1. The summed E-state index contributed by atoms with van der Waals surface area (Å²) in [6.45, 7) is 2.10. The van der Waals surface area contributed by atoms with E-state index < -0.39 is 12.9 Å². The van der Waals surface area contributed by atoms with Crippen LogP contribution in [-0.2, 0) is 6.61 Å². The largest absolute Gasteiger partial charge is 0.489 e. The number of hydrogen-bond acceptors (Lipinski definition) is 3. The molecule has 0 aliphatic heterocycles. The zero-order chi connectivity index (χ0) is 14.7. The molecule has 2 rings (SSSR count). The van der Waals surface area contributed by atoms with Gasteiger partial charge in [0.25, 0.3) is 0 Å². The summed E-state index contributed by atoms with van der Waals surface area (Å²) < 4.78 is 18.8. The molecule has 0 aliphatic carbocycles. The fourth-order valence-corrected chi connectivity index (χ4v) is 2.04. The van der Waals surface area contributed by atoms with Gasteiger partial charge < -0.3 is 14.8 Å². The molecule has 0 saturated carbocycles. The number of ether oxygens (including phenoxy) is 1. The highest BCUT2D eigenvalue weighted by atomic mass is 35.5. The Morgan fingerprint density at radius 1 is 1.20 bits per heavy atom. The highest BCUT2D eigenvalue weighted by Crippen LogP contribution is 2.20. The monoisotopic (exact) mass is 294 g/mol. The summed E-state index contributed by atoms with van der Waals surface area (Å²) in [5, 5.41) is 18.7. The van der Waals surface area contributed by atoms with E-state index in [9.17, 15) is 4.39 Å². The van der Waals surface area contributed by atoms with Crippen LogP contribution in [0.25, 0.3) is 0 Å². The summed E-state index contributed by atoms with van der Waals surface area (Å²) in [5.74, 6) is -0.384. The van der Waals surface area contributed by atoms with Crippen LogP contribution < -0.4 is 10.2 Å². The Bertz CT molecular complexity index is 619. The zero-order valence-electron chi connectivity index (χ0n) is 10.8. The molecule has 0 spiro atoms. The van der Waals surface area contributed by atoms with Gasteiger partial charge in [-0.05, 0) is 36.1 Å². The predicted molar refractivity (Wildman–Crippen MR) is 76.7 cm³/mol. The van der Waals surface area contributed by atoms with Crippen molar-refractivity contribution in [1.82, 2.24) is 0 Å². The highest BCUT2D eigenvalue weighted by molar-refractivity contribution is 6.58. The van der Waals surface area contributed by atoms with Crippen molar-refractivity contribution in [2.24, 2.45) is 0 Å². The van der Waals surface area contributed by atoms with Gasteiger partial charge in [-0.3, -0.25) is 0 Å². The van der Waals surface area contributed by atoms with Crippen LogP contribution in [0, 0.1) is 12.7 Å². The minimum atomic E-state index is -1.74. The Morgan fingerprint density at radius 2 is 1.95 bits per heavy atom. The Balaban J connectivity index is 2.14. The summed E-state index contributed by atoms with van der Waals surface area (Å²) in [6.07, 6.45) is 0. The van der Waals surface area contributed by atoms with E-state index in [-0.39, 0.29) is 17.8 Å². The first-order valence-electron chi connectivity index (χ1n) is 6.00. The fourth-order valence-electron chi connectivity index (χ4n) is 1.75. The number of rotatable bonds is 4. The van der Waals surface area contributed by atoms with Gasteiger partial charge in [0.05, 0.1) is 0 Å². The maximum absolute atomic E-state index is 13.3. The van der Waals surface area contributed by atoms with Gasteiger partial charge in [-0.1, -0.05) is 23.7 Å². The van der Waals surface area contributed by atoms with E-state index in [1.165, 1.54) is 12.1 Å². The molecule has 0 aliphatic rings. The molecule has 0 radical (unpaired) electrons. The third-order valence-electron chi connectivity index (χ3n) is 2.79. The minimum absolute atomic E-state index is 0.0370. The molecule has 0 aromatic heterocycles. The molecule has 0 atom stereocenters. The molecule has 2 aromatic rings. The van der Waals surface area contributed by atoms with Crippen LogP contribution in [-0.4, -0.2) is 17.2 Å². The Morgan fingerprint density at radius 3 is 2.60 bits per heavy atom. The van der Waals surface area contributed by atoms with E-state index in [1.54, 1.807) is 0 Å². The molecule has 0 bridgehead atoms. The van der Waals surface area contributed by atoms with Gasteiger partial charge in [0.1, 0.15) is 18.2 Å².